The second-order valence-electron chi connectivity index (χ2n) is 7.99. The van der Waals surface area contributed by atoms with E-state index in [1.54, 1.807) is 24.6 Å². The van der Waals surface area contributed by atoms with Crippen molar-refractivity contribution in [1.29, 1.82) is 0 Å². The molecule has 4 rings (SSSR count). The third kappa shape index (κ3) is 4.64. The highest BCUT2D eigenvalue weighted by molar-refractivity contribution is 7.12. The van der Waals surface area contributed by atoms with E-state index in [9.17, 15) is 14.7 Å². The molecule has 0 radical (unpaired) electrons. The largest absolute Gasteiger partial charge is 0.503 e. The minimum atomic E-state index is -0.720. The Morgan fingerprint density at radius 2 is 1.73 bits per heavy atom. The minimum Gasteiger partial charge on any atom is -0.503 e. The minimum absolute atomic E-state index is 0.0235. The van der Waals surface area contributed by atoms with Gasteiger partial charge in [-0.25, -0.2) is 0 Å². The normalized spacial score (nSPS) is 15.9. The highest BCUT2D eigenvalue weighted by Crippen LogP contribution is 2.41. The Hall–Kier alpha value is -3.58. The maximum atomic E-state index is 13.3. The molecule has 1 aliphatic heterocycles. The van der Waals surface area contributed by atoms with Crippen molar-refractivity contribution in [3.63, 3.8) is 0 Å². The molecule has 1 amide bonds. The molecule has 1 unspecified atom stereocenters. The quantitative estimate of drug-likeness (QED) is 0.458. The predicted octanol–water partition coefficient (Wildman–Crippen LogP) is 5.32. The fourth-order valence-corrected chi connectivity index (χ4v) is 4.54. The Labute approximate surface area is 196 Å². The van der Waals surface area contributed by atoms with E-state index in [4.69, 9.17) is 9.47 Å². The number of rotatable bonds is 8. The summed E-state index contributed by atoms with van der Waals surface area (Å²) in [7, 11) is 1.59. The number of carbonyl (C=O) groups is 2. The van der Waals surface area contributed by atoms with Crippen LogP contribution in [0, 0.1) is 0 Å². The number of aliphatic hydroxyl groups is 1. The van der Waals surface area contributed by atoms with Crippen molar-refractivity contribution in [2.24, 2.45) is 0 Å². The van der Waals surface area contributed by atoms with Gasteiger partial charge in [0.25, 0.3) is 5.91 Å². The van der Waals surface area contributed by atoms with Crippen LogP contribution in [-0.4, -0.2) is 34.9 Å². The summed E-state index contributed by atoms with van der Waals surface area (Å²) in [6, 6.07) is 17.4. The predicted molar refractivity (Wildman–Crippen MR) is 127 cm³/mol. The van der Waals surface area contributed by atoms with E-state index in [2.05, 4.69) is 0 Å². The van der Waals surface area contributed by atoms with Crippen molar-refractivity contribution in [3.05, 3.63) is 93.4 Å². The second kappa shape index (κ2) is 9.50. The molecule has 1 aliphatic rings. The van der Waals surface area contributed by atoms with Crippen molar-refractivity contribution in [3.8, 4) is 11.5 Å². The third-order valence-electron chi connectivity index (χ3n) is 5.37. The molecule has 0 saturated carbocycles. The molecule has 2 heterocycles. The van der Waals surface area contributed by atoms with Gasteiger partial charge in [-0.15, -0.1) is 11.3 Å². The van der Waals surface area contributed by atoms with E-state index in [1.807, 2.05) is 62.4 Å². The van der Waals surface area contributed by atoms with Crippen LogP contribution in [0.3, 0.4) is 0 Å². The SMILES string of the molecule is COc1ccc(CN2C(=O)C(O)=C(C(=O)c3cccs3)C2c2ccc(OC(C)C)cc2)cc1. The fraction of sp³-hybridized carbons (Fsp3) is 0.231. The van der Waals surface area contributed by atoms with Crippen molar-refractivity contribution in [2.45, 2.75) is 32.5 Å². The molecular weight excluding hydrogens is 438 g/mol. The van der Waals surface area contributed by atoms with Gasteiger partial charge in [0.1, 0.15) is 11.5 Å². The van der Waals surface area contributed by atoms with E-state index in [0.29, 0.717) is 16.4 Å². The fourth-order valence-electron chi connectivity index (χ4n) is 3.86. The summed E-state index contributed by atoms with van der Waals surface area (Å²) in [4.78, 5) is 28.4. The first-order valence-electron chi connectivity index (χ1n) is 10.6. The van der Waals surface area contributed by atoms with Crippen molar-refractivity contribution in [1.82, 2.24) is 4.90 Å². The number of methoxy groups -OCH3 is 1. The number of hydrogen-bond donors (Lipinski definition) is 1. The molecule has 1 N–H and O–H groups in total. The number of nitrogens with zero attached hydrogens (tertiary/aromatic N) is 1. The molecule has 0 saturated heterocycles. The first-order chi connectivity index (χ1) is 15.9. The van der Waals surface area contributed by atoms with Gasteiger partial charge < -0.3 is 19.5 Å². The second-order valence-corrected chi connectivity index (χ2v) is 8.94. The Bertz CT molecular complexity index is 1160. The Morgan fingerprint density at radius 3 is 2.30 bits per heavy atom. The third-order valence-corrected chi connectivity index (χ3v) is 6.24. The smallest absolute Gasteiger partial charge is 0.290 e. The zero-order valence-electron chi connectivity index (χ0n) is 18.6. The summed E-state index contributed by atoms with van der Waals surface area (Å²) in [6.45, 7) is 4.11. The average Bonchev–Trinajstić information content (AvgIpc) is 3.43. The summed E-state index contributed by atoms with van der Waals surface area (Å²) in [6.07, 6.45) is 0.0235. The highest BCUT2D eigenvalue weighted by Gasteiger charge is 2.44. The molecule has 7 heteroatoms. The lowest BCUT2D eigenvalue weighted by atomic mass is 9.95. The van der Waals surface area contributed by atoms with Gasteiger partial charge in [0, 0.05) is 6.54 Å². The number of benzene rings is 2. The van der Waals surface area contributed by atoms with Gasteiger partial charge in [-0.2, -0.15) is 0 Å². The average molecular weight is 464 g/mol. The van der Waals surface area contributed by atoms with Crippen LogP contribution in [0.2, 0.25) is 0 Å². The number of hydrogen-bond acceptors (Lipinski definition) is 6. The first-order valence-corrected chi connectivity index (χ1v) is 11.5. The van der Waals surface area contributed by atoms with Crippen LogP contribution in [0.15, 0.2) is 77.4 Å². The lowest BCUT2D eigenvalue weighted by Gasteiger charge is -2.27. The topological polar surface area (TPSA) is 76.1 Å². The molecule has 6 nitrogen and oxygen atoms in total. The lowest BCUT2D eigenvalue weighted by Crippen LogP contribution is -2.30. The van der Waals surface area contributed by atoms with Crippen molar-refractivity contribution >= 4 is 23.0 Å². The molecular formula is C26H25NO5S. The Kier molecular flexibility index (Phi) is 6.51. The van der Waals surface area contributed by atoms with Crippen LogP contribution in [0.1, 0.15) is 40.7 Å². The first kappa shape index (κ1) is 22.6. The molecule has 0 aliphatic carbocycles. The highest BCUT2D eigenvalue weighted by atomic mass is 32.1. The van der Waals surface area contributed by atoms with Crippen molar-refractivity contribution in [2.75, 3.05) is 7.11 Å². The van der Waals surface area contributed by atoms with E-state index >= 15 is 0 Å². The molecule has 2 aromatic carbocycles. The Morgan fingerprint density at radius 1 is 1.06 bits per heavy atom. The lowest BCUT2D eigenvalue weighted by molar-refractivity contribution is -0.130. The molecule has 1 atom stereocenters. The van der Waals surface area contributed by atoms with E-state index < -0.39 is 17.7 Å². The number of amides is 1. The van der Waals surface area contributed by atoms with Gasteiger partial charge >= 0.3 is 0 Å². The van der Waals surface area contributed by atoms with Gasteiger partial charge in [0.2, 0.25) is 5.78 Å². The zero-order valence-corrected chi connectivity index (χ0v) is 19.5. The Balaban J connectivity index is 1.73. The van der Waals surface area contributed by atoms with Gasteiger partial charge in [-0.05, 0) is 60.7 Å². The van der Waals surface area contributed by atoms with Gasteiger partial charge in [-0.1, -0.05) is 30.3 Å². The van der Waals surface area contributed by atoms with Crippen LogP contribution < -0.4 is 9.47 Å². The molecule has 33 heavy (non-hydrogen) atoms. The molecule has 3 aromatic rings. The number of ketones is 1. The van der Waals surface area contributed by atoms with Crippen LogP contribution in [0.5, 0.6) is 11.5 Å². The zero-order chi connectivity index (χ0) is 23.5. The van der Waals surface area contributed by atoms with Crippen molar-refractivity contribution < 1.29 is 24.2 Å². The standard InChI is InChI=1S/C26H25NO5S/c1-16(2)32-20-12-8-18(9-13-20)23-22(24(28)21-5-4-14-33-21)25(29)26(30)27(23)15-17-6-10-19(31-3)11-7-17/h4-14,16,23,29H,15H2,1-3H3. The summed E-state index contributed by atoms with van der Waals surface area (Å²) in [5.41, 5.74) is 1.66. The summed E-state index contributed by atoms with van der Waals surface area (Å²) in [5, 5.41) is 12.6. The molecule has 1 aromatic heterocycles. The summed E-state index contributed by atoms with van der Waals surface area (Å²) >= 11 is 1.28. The van der Waals surface area contributed by atoms with Crippen LogP contribution >= 0.6 is 11.3 Å². The van der Waals surface area contributed by atoms with E-state index in [1.165, 1.54) is 16.2 Å². The summed E-state index contributed by atoms with van der Waals surface area (Å²) < 4.78 is 10.9. The maximum Gasteiger partial charge on any atom is 0.290 e. The number of aliphatic hydroxyl groups excluding tert-OH is 1. The number of ether oxygens (including phenoxy) is 2. The molecule has 0 bridgehead atoms. The number of carbonyl (C=O) groups excluding carboxylic acids is 2. The number of thiophene rings is 1. The molecule has 0 spiro atoms. The van der Waals surface area contributed by atoms with Crippen LogP contribution in [0.25, 0.3) is 0 Å². The van der Waals surface area contributed by atoms with Crippen LogP contribution in [-0.2, 0) is 11.3 Å². The maximum absolute atomic E-state index is 13.3. The molecule has 170 valence electrons. The van der Waals surface area contributed by atoms with Gasteiger partial charge in [0.05, 0.1) is 29.7 Å². The summed E-state index contributed by atoms with van der Waals surface area (Å²) in [5.74, 6) is -0.0225. The number of Topliss-reactive ketones (excluding diaryl/α,β-unsaturated/α-hetero) is 1. The van der Waals surface area contributed by atoms with Crippen LogP contribution in [0.4, 0.5) is 0 Å². The van der Waals surface area contributed by atoms with Gasteiger partial charge in [-0.3, -0.25) is 9.59 Å². The van der Waals surface area contributed by atoms with E-state index in [0.717, 1.165) is 11.1 Å². The molecule has 0 fully saturated rings. The monoisotopic (exact) mass is 463 g/mol. The van der Waals surface area contributed by atoms with Gasteiger partial charge in [0.15, 0.2) is 5.76 Å². The van der Waals surface area contributed by atoms with E-state index in [-0.39, 0.29) is 24.0 Å².